The maximum atomic E-state index is 14.0. The summed E-state index contributed by atoms with van der Waals surface area (Å²) < 4.78 is 6.43. The zero-order chi connectivity index (χ0) is 26.2. The van der Waals surface area contributed by atoms with Crippen LogP contribution in [0, 0.1) is 6.92 Å². The number of pyridine rings is 1. The van der Waals surface area contributed by atoms with Gasteiger partial charge in [0.2, 0.25) is 0 Å². The second-order valence-electron chi connectivity index (χ2n) is 9.76. The normalized spacial score (nSPS) is 13.6. The highest BCUT2D eigenvalue weighted by molar-refractivity contribution is 7.98. The number of halogens is 1. The summed E-state index contributed by atoms with van der Waals surface area (Å²) in [5, 5.41) is 5.91. The Balaban J connectivity index is 1.40. The first-order valence-corrected chi connectivity index (χ1v) is 14.4. The Labute approximate surface area is 231 Å². The van der Waals surface area contributed by atoms with Gasteiger partial charge in [0.1, 0.15) is 11.3 Å². The zero-order valence-corrected chi connectivity index (χ0v) is 22.9. The average molecular weight is 542 g/mol. The van der Waals surface area contributed by atoms with E-state index in [4.69, 9.17) is 16.0 Å². The van der Waals surface area contributed by atoms with Crippen molar-refractivity contribution in [2.75, 3.05) is 11.6 Å². The van der Waals surface area contributed by atoms with E-state index in [1.165, 1.54) is 0 Å². The van der Waals surface area contributed by atoms with Crippen LogP contribution in [0.4, 0.5) is 10.5 Å². The highest BCUT2D eigenvalue weighted by Gasteiger charge is 2.32. The van der Waals surface area contributed by atoms with Gasteiger partial charge in [-0.3, -0.25) is 4.98 Å². The van der Waals surface area contributed by atoms with E-state index >= 15 is 0 Å². The lowest BCUT2D eigenvalue weighted by atomic mass is 9.91. The van der Waals surface area contributed by atoms with Crippen LogP contribution in [0.15, 0.2) is 82.2 Å². The Bertz CT molecular complexity index is 1640. The first-order valence-electron chi connectivity index (χ1n) is 12.8. The topological polar surface area (TPSA) is 58.4 Å². The maximum absolute atomic E-state index is 14.0. The molecule has 1 saturated carbocycles. The van der Waals surface area contributed by atoms with Gasteiger partial charge in [0, 0.05) is 38.5 Å². The van der Waals surface area contributed by atoms with E-state index in [-0.39, 0.29) is 12.1 Å². The van der Waals surface area contributed by atoms with Crippen molar-refractivity contribution < 1.29 is 9.21 Å². The molecule has 1 N–H and O–H groups in total. The number of urea groups is 1. The number of carbonyl (C=O) groups is 1. The third-order valence-corrected chi connectivity index (χ3v) is 8.37. The molecule has 2 heterocycles. The molecular weight excluding hydrogens is 514 g/mol. The first-order chi connectivity index (χ1) is 18.5. The van der Waals surface area contributed by atoms with Crippen molar-refractivity contribution in [3.05, 3.63) is 89.3 Å². The minimum absolute atomic E-state index is 0.125. The van der Waals surface area contributed by atoms with Crippen LogP contribution < -0.4 is 5.32 Å². The number of rotatable bonds is 6. The minimum Gasteiger partial charge on any atom is -0.459 e. The van der Waals surface area contributed by atoms with Gasteiger partial charge in [-0.1, -0.05) is 35.4 Å². The number of nitrogens with one attached hydrogen (secondary N) is 1. The van der Waals surface area contributed by atoms with Gasteiger partial charge < -0.3 is 14.6 Å². The summed E-state index contributed by atoms with van der Waals surface area (Å²) in [6, 6.07) is 22.0. The molecule has 192 valence electrons. The largest absolute Gasteiger partial charge is 0.459 e. The van der Waals surface area contributed by atoms with E-state index in [0.717, 1.165) is 74.2 Å². The Kier molecular flexibility index (Phi) is 6.76. The predicted octanol–water partition coefficient (Wildman–Crippen LogP) is 8.92. The van der Waals surface area contributed by atoms with E-state index in [9.17, 15) is 4.79 Å². The Morgan fingerprint density at radius 1 is 1.11 bits per heavy atom. The standard InChI is InChI=1S/C31H28ClN3O2S/c1-19-8-14-26-24(17-19)29(20-9-11-21(32)12-10-20)27(37-26)18-35(22-5-3-6-22)31(36)34-30-23-7-4-16-33-25(23)13-15-28(30)38-2/h4,7-17,22H,3,5-6,18H2,1-2H3,(H,34,36). The fourth-order valence-corrected chi connectivity index (χ4v) is 5.83. The van der Waals surface area contributed by atoms with Crippen molar-refractivity contribution in [1.82, 2.24) is 9.88 Å². The van der Waals surface area contributed by atoms with E-state index in [2.05, 4.69) is 29.4 Å². The quantitative estimate of drug-likeness (QED) is 0.218. The number of aromatic nitrogens is 1. The summed E-state index contributed by atoms with van der Waals surface area (Å²) in [4.78, 5) is 21.4. The van der Waals surface area contributed by atoms with E-state index in [1.54, 1.807) is 18.0 Å². The van der Waals surface area contributed by atoms with Gasteiger partial charge >= 0.3 is 6.03 Å². The van der Waals surface area contributed by atoms with Crippen LogP contribution in [0.1, 0.15) is 30.6 Å². The van der Waals surface area contributed by atoms with E-state index in [0.29, 0.717) is 11.6 Å². The SMILES string of the molecule is CSc1ccc2ncccc2c1NC(=O)N(Cc1oc2ccc(C)cc2c1-c1ccc(Cl)cc1)C1CCC1. The van der Waals surface area contributed by atoms with Gasteiger partial charge in [-0.05, 0) is 86.5 Å². The average Bonchev–Trinajstić information content (AvgIpc) is 3.25. The highest BCUT2D eigenvalue weighted by atomic mass is 35.5. The number of fused-ring (bicyclic) bond motifs is 2. The van der Waals surface area contributed by atoms with Crippen molar-refractivity contribution in [3.63, 3.8) is 0 Å². The number of benzene rings is 3. The smallest absolute Gasteiger partial charge is 0.322 e. The molecule has 0 radical (unpaired) electrons. The van der Waals surface area contributed by atoms with Gasteiger partial charge in [0.25, 0.3) is 0 Å². The molecule has 0 spiro atoms. The summed E-state index contributed by atoms with van der Waals surface area (Å²) in [6.07, 6.45) is 6.87. The van der Waals surface area contributed by atoms with Crippen LogP contribution in [-0.2, 0) is 6.54 Å². The van der Waals surface area contributed by atoms with Gasteiger partial charge in [0.15, 0.2) is 0 Å². The molecule has 6 rings (SSSR count). The first kappa shape index (κ1) is 24.8. The number of thioether (sulfide) groups is 1. The molecule has 0 atom stereocenters. The van der Waals surface area contributed by atoms with Gasteiger partial charge in [-0.25, -0.2) is 4.79 Å². The maximum Gasteiger partial charge on any atom is 0.322 e. The van der Waals surface area contributed by atoms with Crippen LogP contribution in [0.25, 0.3) is 33.0 Å². The molecule has 0 saturated heterocycles. The summed E-state index contributed by atoms with van der Waals surface area (Å²) in [5.41, 5.74) is 5.66. The van der Waals surface area contributed by atoms with Crippen molar-refractivity contribution in [2.45, 2.75) is 43.7 Å². The third-order valence-electron chi connectivity index (χ3n) is 7.34. The monoisotopic (exact) mass is 541 g/mol. The summed E-state index contributed by atoms with van der Waals surface area (Å²) in [6.45, 7) is 2.45. The molecule has 1 aliphatic carbocycles. The lowest BCUT2D eigenvalue weighted by molar-refractivity contribution is 0.138. The molecule has 0 aliphatic heterocycles. The number of hydrogen-bond acceptors (Lipinski definition) is 4. The molecule has 7 heteroatoms. The number of anilines is 1. The molecule has 5 aromatic rings. The molecule has 2 aromatic heterocycles. The fourth-order valence-electron chi connectivity index (χ4n) is 5.14. The Morgan fingerprint density at radius 2 is 1.92 bits per heavy atom. The Hall–Kier alpha value is -3.48. The number of hydrogen-bond donors (Lipinski definition) is 1. The van der Waals surface area contributed by atoms with E-state index in [1.807, 2.05) is 65.8 Å². The number of nitrogens with zero attached hydrogens (tertiary/aromatic N) is 2. The lowest BCUT2D eigenvalue weighted by Gasteiger charge is -2.37. The molecule has 0 unspecified atom stereocenters. The molecule has 1 fully saturated rings. The van der Waals surface area contributed by atoms with Crippen molar-refractivity contribution >= 4 is 57.0 Å². The summed E-state index contributed by atoms with van der Waals surface area (Å²) >= 11 is 7.81. The van der Waals surface area contributed by atoms with Crippen molar-refractivity contribution in [3.8, 4) is 11.1 Å². The minimum atomic E-state index is -0.125. The molecule has 5 nitrogen and oxygen atoms in total. The van der Waals surface area contributed by atoms with Gasteiger partial charge in [-0.15, -0.1) is 11.8 Å². The predicted molar refractivity (Wildman–Crippen MR) is 157 cm³/mol. The van der Waals surface area contributed by atoms with Crippen LogP contribution >= 0.6 is 23.4 Å². The Morgan fingerprint density at radius 3 is 2.66 bits per heavy atom. The van der Waals surface area contributed by atoms with Crippen LogP contribution in [0.5, 0.6) is 0 Å². The molecule has 0 bridgehead atoms. The van der Waals surface area contributed by atoms with Gasteiger partial charge in [-0.2, -0.15) is 0 Å². The molecular formula is C31H28ClN3O2S. The molecule has 2 amide bonds. The molecule has 38 heavy (non-hydrogen) atoms. The second-order valence-corrected chi connectivity index (χ2v) is 11.0. The fraction of sp³-hybridized carbons (Fsp3) is 0.226. The third kappa shape index (κ3) is 4.63. The lowest BCUT2D eigenvalue weighted by Crippen LogP contribution is -2.45. The number of aryl methyl sites for hydroxylation is 1. The molecule has 1 aliphatic rings. The summed E-state index contributed by atoms with van der Waals surface area (Å²) in [7, 11) is 0. The van der Waals surface area contributed by atoms with Crippen molar-refractivity contribution in [2.24, 2.45) is 0 Å². The number of carbonyl (C=O) groups excluding carboxylic acids is 1. The van der Waals surface area contributed by atoms with Gasteiger partial charge in [0.05, 0.1) is 17.7 Å². The van der Waals surface area contributed by atoms with Crippen molar-refractivity contribution in [1.29, 1.82) is 0 Å². The second kappa shape index (κ2) is 10.4. The number of amides is 2. The summed E-state index contributed by atoms with van der Waals surface area (Å²) in [5.74, 6) is 0.777. The van der Waals surface area contributed by atoms with Crippen LogP contribution in [-0.4, -0.2) is 28.2 Å². The molecule has 3 aromatic carbocycles. The highest BCUT2D eigenvalue weighted by Crippen LogP contribution is 2.39. The van der Waals surface area contributed by atoms with Crippen LogP contribution in [0.3, 0.4) is 0 Å². The van der Waals surface area contributed by atoms with E-state index < -0.39 is 0 Å². The number of furan rings is 1. The zero-order valence-electron chi connectivity index (χ0n) is 21.3. The van der Waals surface area contributed by atoms with Crippen LogP contribution in [0.2, 0.25) is 5.02 Å².